The SMILES string of the molecule is COc1cc(-c2nc(CC(=O)[O-])cs2)ccc1OCc1ccccc1. The molecule has 0 amide bonds. The van der Waals surface area contributed by atoms with Crippen LogP contribution in [-0.4, -0.2) is 18.1 Å². The normalized spacial score (nSPS) is 10.4. The van der Waals surface area contributed by atoms with Gasteiger partial charge in [0.25, 0.3) is 0 Å². The monoisotopic (exact) mass is 354 g/mol. The number of methoxy groups -OCH3 is 1. The molecular weight excluding hydrogens is 338 g/mol. The van der Waals surface area contributed by atoms with Crippen molar-refractivity contribution in [2.45, 2.75) is 13.0 Å². The van der Waals surface area contributed by atoms with Crippen LogP contribution in [0.2, 0.25) is 0 Å². The first-order chi connectivity index (χ1) is 12.2. The maximum Gasteiger partial charge on any atom is 0.161 e. The van der Waals surface area contributed by atoms with Gasteiger partial charge >= 0.3 is 0 Å². The minimum atomic E-state index is -1.14. The molecule has 0 N–H and O–H groups in total. The topological polar surface area (TPSA) is 71.5 Å². The lowest BCUT2D eigenvalue weighted by molar-refractivity contribution is -0.304. The first-order valence-corrected chi connectivity index (χ1v) is 8.53. The van der Waals surface area contributed by atoms with Gasteiger partial charge in [-0.1, -0.05) is 30.3 Å². The third-order valence-corrected chi connectivity index (χ3v) is 4.47. The molecule has 25 heavy (non-hydrogen) atoms. The largest absolute Gasteiger partial charge is 0.550 e. The van der Waals surface area contributed by atoms with Crippen LogP contribution in [0.1, 0.15) is 11.3 Å². The van der Waals surface area contributed by atoms with Crippen molar-refractivity contribution < 1.29 is 19.4 Å². The fraction of sp³-hybridized carbons (Fsp3) is 0.158. The number of carboxylic acids is 1. The lowest BCUT2D eigenvalue weighted by atomic mass is 10.2. The predicted octanol–water partition coefficient (Wildman–Crippen LogP) is 2.69. The second kappa shape index (κ2) is 7.81. The van der Waals surface area contributed by atoms with Crippen LogP contribution in [-0.2, 0) is 17.8 Å². The van der Waals surface area contributed by atoms with E-state index in [4.69, 9.17) is 9.47 Å². The first kappa shape index (κ1) is 17.0. The minimum absolute atomic E-state index is 0.189. The maximum atomic E-state index is 10.7. The van der Waals surface area contributed by atoms with E-state index in [0.29, 0.717) is 23.8 Å². The number of benzene rings is 2. The van der Waals surface area contributed by atoms with Gasteiger partial charge in [0.2, 0.25) is 0 Å². The van der Waals surface area contributed by atoms with Crippen molar-refractivity contribution in [1.29, 1.82) is 0 Å². The number of hydrogen-bond donors (Lipinski definition) is 0. The van der Waals surface area contributed by atoms with Crippen LogP contribution in [0.25, 0.3) is 10.6 Å². The number of aliphatic carboxylic acids is 1. The number of nitrogens with zero attached hydrogens (tertiary/aromatic N) is 1. The highest BCUT2D eigenvalue weighted by atomic mass is 32.1. The van der Waals surface area contributed by atoms with Crippen LogP contribution in [0.15, 0.2) is 53.9 Å². The van der Waals surface area contributed by atoms with Gasteiger partial charge < -0.3 is 19.4 Å². The fourth-order valence-corrected chi connectivity index (χ4v) is 3.14. The van der Waals surface area contributed by atoms with Gasteiger partial charge in [-0.25, -0.2) is 4.98 Å². The summed E-state index contributed by atoms with van der Waals surface area (Å²) in [6, 6.07) is 15.4. The van der Waals surface area contributed by atoms with Crippen LogP contribution in [0.5, 0.6) is 11.5 Å². The van der Waals surface area contributed by atoms with Gasteiger partial charge in [0.1, 0.15) is 11.6 Å². The quantitative estimate of drug-likeness (QED) is 0.652. The lowest BCUT2D eigenvalue weighted by Crippen LogP contribution is -2.24. The van der Waals surface area contributed by atoms with Crippen molar-refractivity contribution in [3.63, 3.8) is 0 Å². The number of carboxylic acid groups (broad SMARTS) is 1. The zero-order valence-electron chi connectivity index (χ0n) is 13.6. The lowest BCUT2D eigenvalue weighted by Gasteiger charge is -2.11. The fourth-order valence-electron chi connectivity index (χ4n) is 2.32. The molecular formula is C19H16NO4S-. The minimum Gasteiger partial charge on any atom is -0.550 e. The molecule has 0 aliphatic heterocycles. The molecule has 1 aromatic heterocycles. The summed E-state index contributed by atoms with van der Waals surface area (Å²) < 4.78 is 11.2. The van der Waals surface area contributed by atoms with Crippen LogP contribution in [0, 0.1) is 0 Å². The summed E-state index contributed by atoms with van der Waals surface area (Å²) in [7, 11) is 1.58. The molecule has 0 saturated carbocycles. The van der Waals surface area contributed by atoms with Gasteiger partial charge in [0, 0.05) is 23.3 Å². The third kappa shape index (κ3) is 4.36. The summed E-state index contributed by atoms with van der Waals surface area (Å²) in [6.45, 7) is 0.448. The molecule has 0 radical (unpaired) electrons. The van der Waals surface area contributed by atoms with Gasteiger partial charge in [-0.3, -0.25) is 0 Å². The molecule has 0 bridgehead atoms. The summed E-state index contributed by atoms with van der Waals surface area (Å²) >= 11 is 1.38. The molecule has 0 spiro atoms. The smallest absolute Gasteiger partial charge is 0.161 e. The summed E-state index contributed by atoms with van der Waals surface area (Å²) in [5.74, 6) is 0.103. The highest BCUT2D eigenvalue weighted by molar-refractivity contribution is 7.13. The molecule has 2 aromatic carbocycles. The van der Waals surface area contributed by atoms with Crippen molar-refractivity contribution >= 4 is 17.3 Å². The summed E-state index contributed by atoms with van der Waals surface area (Å²) in [6.07, 6.45) is -0.189. The zero-order valence-corrected chi connectivity index (χ0v) is 14.4. The van der Waals surface area contributed by atoms with Gasteiger partial charge in [0.05, 0.1) is 12.8 Å². The summed E-state index contributed by atoms with van der Waals surface area (Å²) in [5.41, 5.74) is 2.40. The molecule has 0 unspecified atom stereocenters. The van der Waals surface area contributed by atoms with E-state index < -0.39 is 5.97 Å². The van der Waals surface area contributed by atoms with E-state index in [9.17, 15) is 9.90 Å². The van der Waals surface area contributed by atoms with E-state index in [1.165, 1.54) is 11.3 Å². The second-order valence-electron chi connectivity index (χ2n) is 5.33. The Morgan fingerprint density at radius 1 is 1.16 bits per heavy atom. The Balaban J connectivity index is 1.77. The zero-order chi connectivity index (χ0) is 17.6. The standard InChI is InChI=1S/C19H17NO4S/c1-23-17-9-14(19-20-15(12-25-19)10-18(21)22)7-8-16(17)24-11-13-5-3-2-4-6-13/h2-9,12H,10-11H2,1H3,(H,21,22)/p-1. The number of hydrogen-bond acceptors (Lipinski definition) is 6. The molecule has 0 aliphatic rings. The van der Waals surface area contributed by atoms with Crippen molar-refractivity contribution in [3.8, 4) is 22.1 Å². The molecule has 128 valence electrons. The Bertz CT molecular complexity index is 861. The number of carbonyl (C=O) groups excluding carboxylic acids is 1. The predicted molar refractivity (Wildman–Crippen MR) is 93.6 cm³/mol. The van der Waals surface area contributed by atoms with Crippen LogP contribution in [0.4, 0.5) is 0 Å². The Labute approximate surface area is 149 Å². The molecule has 6 heteroatoms. The Kier molecular flexibility index (Phi) is 5.30. The molecule has 0 fully saturated rings. The van der Waals surface area contributed by atoms with Crippen LogP contribution < -0.4 is 14.6 Å². The third-order valence-electron chi connectivity index (χ3n) is 3.52. The number of ether oxygens (including phenoxy) is 2. The van der Waals surface area contributed by atoms with Crippen molar-refractivity contribution in [3.05, 3.63) is 65.2 Å². The Morgan fingerprint density at radius 3 is 2.68 bits per heavy atom. The molecule has 0 aliphatic carbocycles. The highest BCUT2D eigenvalue weighted by Crippen LogP contribution is 2.34. The maximum absolute atomic E-state index is 10.7. The van der Waals surface area contributed by atoms with Gasteiger partial charge in [-0.2, -0.15) is 0 Å². The van der Waals surface area contributed by atoms with E-state index in [-0.39, 0.29) is 6.42 Å². The second-order valence-corrected chi connectivity index (χ2v) is 6.19. The number of rotatable bonds is 7. The first-order valence-electron chi connectivity index (χ1n) is 7.65. The van der Waals surface area contributed by atoms with E-state index >= 15 is 0 Å². The van der Waals surface area contributed by atoms with Crippen LogP contribution >= 0.6 is 11.3 Å². The molecule has 0 saturated heterocycles. The van der Waals surface area contributed by atoms with Crippen molar-refractivity contribution in [1.82, 2.24) is 4.98 Å². The average molecular weight is 354 g/mol. The molecule has 3 rings (SSSR count). The number of carbonyl (C=O) groups is 1. The summed E-state index contributed by atoms with van der Waals surface area (Å²) in [5, 5.41) is 13.1. The molecule has 5 nitrogen and oxygen atoms in total. The van der Waals surface area contributed by atoms with Crippen molar-refractivity contribution in [2.24, 2.45) is 0 Å². The van der Waals surface area contributed by atoms with Gasteiger partial charge in [0.15, 0.2) is 11.5 Å². The Hall–Kier alpha value is -2.86. The van der Waals surface area contributed by atoms with E-state index in [2.05, 4.69) is 4.98 Å². The summed E-state index contributed by atoms with van der Waals surface area (Å²) in [4.78, 5) is 15.0. The van der Waals surface area contributed by atoms with Gasteiger partial charge in [-0.15, -0.1) is 11.3 Å². The molecule has 1 heterocycles. The van der Waals surface area contributed by atoms with E-state index in [1.54, 1.807) is 12.5 Å². The average Bonchev–Trinajstić information content (AvgIpc) is 3.08. The van der Waals surface area contributed by atoms with E-state index in [0.717, 1.165) is 16.1 Å². The van der Waals surface area contributed by atoms with Gasteiger partial charge in [-0.05, 0) is 23.8 Å². The van der Waals surface area contributed by atoms with Crippen molar-refractivity contribution in [2.75, 3.05) is 7.11 Å². The number of thiazole rings is 1. The Morgan fingerprint density at radius 2 is 1.96 bits per heavy atom. The molecule has 3 aromatic rings. The van der Waals surface area contributed by atoms with E-state index in [1.807, 2.05) is 48.5 Å². The van der Waals surface area contributed by atoms with Crippen LogP contribution in [0.3, 0.4) is 0 Å². The molecule has 0 atom stereocenters. The highest BCUT2D eigenvalue weighted by Gasteiger charge is 2.10. The number of aromatic nitrogens is 1.